The number of ether oxygens (including phenoxy) is 1. The van der Waals surface area contributed by atoms with E-state index in [0.29, 0.717) is 16.8 Å². The van der Waals surface area contributed by atoms with Crippen LogP contribution >= 0.6 is 0 Å². The van der Waals surface area contributed by atoms with Crippen LogP contribution in [0.25, 0.3) is 0 Å². The van der Waals surface area contributed by atoms with Gasteiger partial charge in [0.05, 0.1) is 7.11 Å². The normalized spacial score (nSPS) is 17.2. The summed E-state index contributed by atoms with van der Waals surface area (Å²) in [6.45, 7) is 0.316. The number of nitrogens with zero attached hydrogens (tertiary/aromatic N) is 2. The third-order valence-corrected chi connectivity index (χ3v) is 6.35. The molecule has 0 atom stereocenters. The minimum atomic E-state index is -5.26. The highest BCUT2D eigenvalue weighted by Crippen LogP contribution is 2.28. The van der Waals surface area contributed by atoms with Gasteiger partial charge in [-0.15, -0.1) is 0 Å². The molecule has 1 aromatic carbocycles. The van der Waals surface area contributed by atoms with Gasteiger partial charge < -0.3 is 15.4 Å². The fourth-order valence-corrected chi connectivity index (χ4v) is 4.09. The van der Waals surface area contributed by atoms with Gasteiger partial charge in [0.1, 0.15) is 5.75 Å². The number of methoxy groups -OCH3 is 1. The van der Waals surface area contributed by atoms with Crippen LogP contribution in [0.3, 0.4) is 0 Å². The Kier molecular flexibility index (Phi) is 8.14. The van der Waals surface area contributed by atoms with E-state index in [2.05, 4.69) is 15.6 Å². The Morgan fingerprint density at radius 2 is 2.00 bits per heavy atom. The summed E-state index contributed by atoms with van der Waals surface area (Å²) < 4.78 is 66.5. The monoisotopic (exact) mass is 436 g/mol. The molecule has 0 amide bonds. The van der Waals surface area contributed by atoms with Crippen LogP contribution in [0.15, 0.2) is 29.3 Å². The summed E-state index contributed by atoms with van der Waals surface area (Å²) >= 11 is 0. The van der Waals surface area contributed by atoms with E-state index < -0.39 is 15.5 Å². The Morgan fingerprint density at radius 1 is 1.31 bits per heavy atom. The molecule has 1 fully saturated rings. The lowest BCUT2D eigenvalue weighted by Crippen LogP contribution is -2.51. The smallest absolute Gasteiger partial charge is 0.497 e. The summed E-state index contributed by atoms with van der Waals surface area (Å²) in [4.78, 5) is 4.12. The second kappa shape index (κ2) is 10.1. The molecule has 2 N–H and O–H groups in total. The van der Waals surface area contributed by atoms with Crippen molar-refractivity contribution in [2.45, 2.75) is 37.2 Å². The van der Waals surface area contributed by atoms with Crippen LogP contribution in [0, 0.1) is 0 Å². The maximum atomic E-state index is 12.6. The molecule has 0 bridgehead atoms. The zero-order chi connectivity index (χ0) is 21.5. The second-order valence-electron chi connectivity index (χ2n) is 6.72. The zero-order valence-electron chi connectivity index (χ0n) is 16.5. The number of hydrogen-bond acceptors (Lipinski definition) is 4. The molecule has 1 aliphatic rings. The molecule has 1 heterocycles. The van der Waals surface area contributed by atoms with Gasteiger partial charge in [0.2, 0.25) is 0 Å². The molecule has 0 radical (unpaired) electrons. The van der Waals surface area contributed by atoms with Gasteiger partial charge in [-0.2, -0.15) is 17.5 Å². The Labute approximate surface area is 169 Å². The number of aliphatic imine (C=N–C) groups is 1. The number of guanidine groups is 1. The summed E-state index contributed by atoms with van der Waals surface area (Å²) in [5, 5.41) is 6.33. The van der Waals surface area contributed by atoms with E-state index in [-0.39, 0.29) is 32.0 Å². The highest BCUT2D eigenvalue weighted by atomic mass is 32.2. The van der Waals surface area contributed by atoms with E-state index in [1.807, 2.05) is 24.3 Å². The van der Waals surface area contributed by atoms with Gasteiger partial charge in [0.25, 0.3) is 0 Å². The van der Waals surface area contributed by atoms with E-state index in [1.165, 1.54) is 0 Å². The van der Waals surface area contributed by atoms with Crippen LogP contribution in [-0.4, -0.2) is 64.0 Å². The molecule has 164 valence electrons. The molecule has 1 saturated heterocycles. The fourth-order valence-electron chi connectivity index (χ4n) is 3.10. The molecular formula is C18H27F3N4O3S. The van der Waals surface area contributed by atoms with Crippen molar-refractivity contribution in [3.63, 3.8) is 0 Å². The lowest BCUT2D eigenvalue weighted by Gasteiger charge is -2.32. The third-order valence-electron chi connectivity index (χ3n) is 4.72. The van der Waals surface area contributed by atoms with Gasteiger partial charge in [0, 0.05) is 32.7 Å². The predicted molar refractivity (Wildman–Crippen MR) is 105 cm³/mol. The summed E-state index contributed by atoms with van der Waals surface area (Å²) in [6, 6.07) is 7.69. The van der Waals surface area contributed by atoms with Crippen molar-refractivity contribution in [2.75, 3.05) is 33.8 Å². The Bertz CT molecular complexity index is 792. The molecule has 0 unspecified atom stereocenters. The average Bonchev–Trinajstić information content (AvgIpc) is 2.70. The first-order chi connectivity index (χ1) is 13.7. The third kappa shape index (κ3) is 6.49. The van der Waals surface area contributed by atoms with Crippen LogP contribution in [0.2, 0.25) is 0 Å². The van der Waals surface area contributed by atoms with Gasteiger partial charge in [-0.25, -0.2) is 8.42 Å². The predicted octanol–water partition coefficient (Wildman–Crippen LogP) is 2.11. The molecule has 11 heteroatoms. The quantitative estimate of drug-likeness (QED) is 0.389. The number of sulfonamides is 1. The summed E-state index contributed by atoms with van der Waals surface area (Å²) in [5.41, 5.74) is -4.10. The Hall–Kier alpha value is -2.01. The highest BCUT2D eigenvalue weighted by Gasteiger charge is 2.50. The van der Waals surface area contributed by atoms with Crippen LogP contribution < -0.4 is 15.4 Å². The van der Waals surface area contributed by atoms with E-state index in [1.54, 1.807) is 14.2 Å². The molecule has 0 aromatic heterocycles. The van der Waals surface area contributed by atoms with Gasteiger partial charge in [-0.1, -0.05) is 12.1 Å². The Morgan fingerprint density at radius 3 is 2.59 bits per heavy atom. The van der Waals surface area contributed by atoms with Crippen molar-refractivity contribution in [3.05, 3.63) is 29.8 Å². The van der Waals surface area contributed by atoms with E-state index in [9.17, 15) is 21.6 Å². The minimum absolute atomic E-state index is 0.140. The van der Waals surface area contributed by atoms with Crippen molar-refractivity contribution in [1.29, 1.82) is 0 Å². The van der Waals surface area contributed by atoms with E-state index in [4.69, 9.17) is 4.74 Å². The van der Waals surface area contributed by atoms with Crippen LogP contribution in [0.5, 0.6) is 5.75 Å². The van der Waals surface area contributed by atoms with Crippen molar-refractivity contribution < 1.29 is 26.3 Å². The largest absolute Gasteiger partial charge is 0.511 e. The van der Waals surface area contributed by atoms with Crippen molar-refractivity contribution in [3.8, 4) is 5.75 Å². The second-order valence-corrected chi connectivity index (χ2v) is 8.65. The summed E-state index contributed by atoms with van der Waals surface area (Å²) in [6.07, 6.45) is 2.27. The maximum absolute atomic E-state index is 12.6. The highest BCUT2D eigenvalue weighted by molar-refractivity contribution is 7.90. The SMILES string of the molecule is CN=C(NCCCc1cccc(OC)c1)NC1CCN(S(=O)(=O)C(F)(F)F)CC1. The molecule has 29 heavy (non-hydrogen) atoms. The van der Waals surface area contributed by atoms with Gasteiger partial charge in [-0.05, 0) is 43.4 Å². The Balaban J connectivity index is 1.74. The lowest BCUT2D eigenvalue weighted by atomic mass is 10.1. The van der Waals surface area contributed by atoms with E-state index >= 15 is 0 Å². The number of aryl methyl sites for hydroxylation is 1. The first-order valence-corrected chi connectivity index (χ1v) is 10.8. The zero-order valence-corrected chi connectivity index (χ0v) is 17.3. The van der Waals surface area contributed by atoms with E-state index in [0.717, 1.165) is 24.2 Å². The lowest BCUT2D eigenvalue weighted by molar-refractivity contribution is -0.0494. The maximum Gasteiger partial charge on any atom is 0.511 e. The molecule has 0 aliphatic carbocycles. The number of benzene rings is 1. The number of halogens is 3. The first-order valence-electron chi connectivity index (χ1n) is 9.34. The number of rotatable bonds is 7. The molecule has 0 saturated carbocycles. The number of piperidine rings is 1. The van der Waals surface area contributed by atoms with Crippen molar-refractivity contribution in [2.24, 2.45) is 4.99 Å². The number of nitrogens with one attached hydrogen (secondary N) is 2. The van der Waals surface area contributed by atoms with Crippen LogP contribution in [0.4, 0.5) is 13.2 Å². The first kappa shape index (κ1) is 23.3. The summed E-state index contributed by atoms with van der Waals surface area (Å²) in [7, 11) is -2.02. The molecule has 1 aromatic rings. The van der Waals surface area contributed by atoms with Crippen molar-refractivity contribution in [1.82, 2.24) is 14.9 Å². The molecule has 1 aliphatic heterocycles. The molecule has 7 nitrogen and oxygen atoms in total. The number of alkyl halides is 3. The number of hydrogen-bond donors (Lipinski definition) is 2. The standard InChI is InChI=1S/C18H27F3N4O3S/c1-22-17(23-10-4-6-14-5-3-7-16(13-14)28-2)24-15-8-11-25(12-9-15)29(26,27)18(19,20)21/h3,5,7,13,15H,4,6,8-12H2,1-2H3,(H2,22,23,24). The summed E-state index contributed by atoms with van der Waals surface area (Å²) in [5.74, 6) is 1.36. The molecule has 0 spiro atoms. The molecule has 2 rings (SSSR count). The van der Waals surface area contributed by atoms with Gasteiger partial charge in [-0.3, -0.25) is 4.99 Å². The van der Waals surface area contributed by atoms with Crippen LogP contribution in [0.1, 0.15) is 24.8 Å². The topological polar surface area (TPSA) is 83.0 Å². The molecular weight excluding hydrogens is 409 g/mol. The van der Waals surface area contributed by atoms with Crippen LogP contribution in [-0.2, 0) is 16.4 Å². The van der Waals surface area contributed by atoms with Gasteiger partial charge >= 0.3 is 15.5 Å². The fraction of sp³-hybridized carbons (Fsp3) is 0.611. The average molecular weight is 437 g/mol. The van der Waals surface area contributed by atoms with Gasteiger partial charge in [0.15, 0.2) is 5.96 Å². The van der Waals surface area contributed by atoms with Crippen molar-refractivity contribution >= 4 is 16.0 Å². The minimum Gasteiger partial charge on any atom is -0.497 e.